The Balaban J connectivity index is 2.36. The van der Waals surface area contributed by atoms with E-state index in [4.69, 9.17) is 5.11 Å². The average molecular weight is 275 g/mol. The zero-order valence-corrected chi connectivity index (χ0v) is 10.5. The van der Waals surface area contributed by atoms with Gasteiger partial charge in [-0.25, -0.2) is 19.0 Å². The summed E-state index contributed by atoms with van der Waals surface area (Å²) >= 11 is 0. The van der Waals surface area contributed by atoms with Gasteiger partial charge in [-0.15, -0.1) is 0 Å². The largest absolute Gasteiger partial charge is 0.477 e. The minimum Gasteiger partial charge on any atom is -0.477 e. The summed E-state index contributed by atoms with van der Waals surface area (Å²) in [6.07, 6.45) is 1.33. The number of carbonyl (C=O) groups is 2. The van der Waals surface area contributed by atoms with E-state index in [9.17, 15) is 14.0 Å². The molecule has 2 rings (SSSR count). The number of carbonyl (C=O) groups excluding carboxylic acids is 1. The quantitative estimate of drug-likeness (QED) is 0.870. The van der Waals surface area contributed by atoms with Gasteiger partial charge in [-0.2, -0.15) is 0 Å². The van der Waals surface area contributed by atoms with Crippen molar-refractivity contribution in [2.75, 3.05) is 7.11 Å². The van der Waals surface area contributed by atoms with Crippen LogP contribution in [0.15, 0.2) is 36.5 Å². The standard InChI is InChI=1S/C14H10FNO4/c1-20-14(19)10-4-2-8(6-11(10)15)9-3-5-12(13(17)18)16-7-9/h2-7H,1H3,(H,17,18). The van der Waals surface area contributed by atoms with Gasteiger partial charge in [-0.3, -0.25) is 0 Å². The van der Waals surface area contributed by atoms with Crippen molar-refractivity contribution in [3.8, 4) is 11.1 Å². The lowest BCUT2D eigenvalue weighted by Crippen LogP contribution is -2.04. The summed E-state index contributed by atoms with van der Waals surface area (Å²) in [5, 5.41) is 8.74. The van der Waals surface area contributed by atoms with Gasteiger partial charge in [0.05, 0.1) is 12.7 Å². The van der Waals surface area contributed by atoms with E-state index in [1.807, 2.05) is 0 Å². The molecule has 0 fully saturated rings. The molecule has 5 nitrogen and oxygen atoms in total. The first-order valence-electron chi connectivity index (χ1n) is 5.60. The minimum absolute atomic E-state index is 0.0968. The number of halogens is 1. The summed E-state index contributed by atoms with van der Waals surface area (Å²) in [5.74, 6) is -2.60. The van der Waals surface area contributed by atoms with Crippen LogP contribution in [0.5, 0.6) is 0 Å². The minimum atomic E-state index is -1.14. The number of benzene rings is 1. The molecule has 0 aliphatic rings. The third-order valence-electron chi connectivity index (χ3n) is 2.69. The number of ether oxygens (including phenoxy) is 1. The topological polar surface area (TPSA) is 76.5 Å². The zero-order valence-electron chi connectivity index (χ0n) is 10.5. The summed E-state index contributed by atoms with van der Waals surface area (Å²) in [7, 11) is 1.17. The lowest BCUT2D eigenvalue weighted by atomic mass is 10.0. The van der Waals surface area contributed by atoms with E-state index in [1.54, 1.807) is 0 Å². The van der Waals surface area contributed by atoms with Crippen LogP contribution >= 0.6 is 0 Å². The van der Waals surface area contributed by atoms with Crippen LogP contribution in [-0.2, 0) is 4.74 Å². The van der Waals surface area contributed by atoms with Crippen molar-refractivity contribution >= 4 is 11.9 Å². The number of hydrogen-bond donors (Lipinski definition) is 1. The second-order valence-corrected chi connectivity index (χ2v) is 3.92. The van der Waals surface area contributed by atoms with Crippen LogP contribution in [-0.4, -0.2) is 29.1 Å². The third-order valence-corrected chi connectivity index (χ3v) is 2.69. The molecule has 0 atom stereocenters. The van der Waals surface area contributed by atoms with Crippen LogP contribution in [0.1, 0.15) is 20.8 Å². The SMILES string of the molecule is COC(=O)c1ccc(-c2ccc(C(=O)O)nc2)cc1F. The van der Waals surface area contributed by atoms with E-state index >= 15 is 0 Å². The number of methoxy groups -OCH3 is 1. The first kappa shape index (κ1) is 13.7. The van der Waals surface area contributed by atoms with Gasteiger partial charge in [0.25, 0.3) is 0 Å². The fourth-order valence-corrected chi connectivity index (χ4v) is 1.66. The fraction of sp³-hybridized carbons (Fsp3) is 0.0714. The molecule has 102 valence electrons. The molecule has 0 amide bonds. The highest BCUT2D eigenvalue weighted by Gasteiger charge is 2.13. The predicted octanol–water partition coefficient (Wildman–Crippen LogP) is 2.37. The molecule has 1 aromatic carbocycles. The van der Waals surface area contributed by atoms with Gasteiger partial charge in [0.15, 0.2) is 0 Å². The molecular formula is C14H10FNO4. The van der Waals surface area contributed by atoms with Crippen molar-refractivity contribution in [1.29, 1.82) is 0 Å². The molecule has 1 heterocycles. The first-order valence-corrected chi connectivity index (χ1v) is 5.60. The molecule has 1 N–H and O–H groups in total. The lowest BCUT2D eigenvalue weighted by Gasteiger charge is -2.05. The Bertz CT molecular complexity index is 667. The Labute approximate surface area is 113 Å². The van der Waals surface area contributed by atoms with Gasteiger partial charge in [-0.05, 0) is 23.8 Å². The van der Waals surface area contributed by atoms with Crippen LogP contribution in [0.3, 0.4) is 0 Å². The summed E-state index contributed by atoms with van der Waals surface area (Å²) < 4.78 is 18.2. The maximum atomic E-state index is 13.8. The number of carboxylic acid groups (broad SMARTS) is 1. The molecule has 0 saturated carbocycles. The number of esters is 1. The van der Waals surface area contributed by atoms with Crippen molar-refractivity contribution in [3.05, 3.63) is 53.6 Å². The van der Waals surface area contributed by atoms with E-state index in [-0.39, 0.29) is 11.3 Å². The molecule has 0 unspecified atom stereocenters. The second kappa shape index (κ2) is 5.48. The van der Waals surface area contributed by atoms with Crippen molar-refractivity contribution in [2.45, 2.75) is 0 Å². The van der Waals surface area contributed by atoms with Crippen molar-refractivity contribution in [2.24, 2.45) is 0 Å². The van der Waals surface area contributed by atoms with Crippen molar-refractivity contribution in [3.63, 3.8) is 0 Å². The van der Waals surface area contributed by atoms with Crippen LogP contribution in [0.25, 0.3) is 11.1 Å². The van der Waals surface area contributed by atoms with E-state index in [1.165, 1.54) is 43.6 Å². The smallest absolute Gasteiger partial charge is 0.354 e. The monoisotopic (exact) mass is 275 g/mol. The number of nitrogens with zero attached hydrogens (tertiary/aromatic N) is 1. The Hall–Kier alpha value is -2.76. The average Bonchev–Trinajstić information content (AvgIpc) is 2.46. The van der Waals surface area contributed by atoms with Crippen molar-refractivity contribution < 1.29 is 23.8 Å². The van der Waals surface area contributed by atoms with E-state index in [0.29, 0.717) is 11.1 Å². The molecule has 20 heavy (non-hydrogen) atoms. The first-order chi connectivity index (χ1) is 9.52. The predicted molar refractivity (Wildman–Crippen MR) is 67.9 cm³/mol. The molecule has 6 heteroatoms. The maximum Gasteiger partial charge on any atom is 0.354 e. The van der Waals surface area contributed by atoms with E-state index in [2.05, 4.69) is 9.72 Å². The summed E-state index contributed by atoms with van der Waals surface area (Å²) in [6.45, 7) is 0. The Morgan fingerprint density at radius 2 is 1.90 bits per heavy atom. The van der Waals surface area contributed by atoms with Crippen LogP contribution in [0.4, 0.5) is 4.39 Å². The van der Waals surface area contributed by atoms with E-state index in [0.717, 1.165) is 0 Å². The van der Waals surface area contributed by atoms with Gasteiger partial charge in [0.2, 0.25) is 0 Å². The summed E-state index contributed by atoms with van der Waals surface area (Å²) in [5.41, 5.74) is 0.775. The van der Waals surface area contributed by atoms with Crippen molar-refractivity contribution in [1.82, 2.24) is 4.98 Å². The summed E-state index contributed by atoms with van der Waals surface area (Å²) in [6, 6.07) is 6.85. The molecule has 0 radical (unpaired) electrons. The number of pyridine rings is 1. The Morgan fingerprint density at radius 3 is 2.40 bits per heavy atom. The van der Waals surface area contributed by atoms with Crippen LogP contribution < -0.4 is 0 Å². The number of hydrogen-bond acceptors (Lipinski definition) is 4. The third kappa shape index (κ3) is 2.64. The molecule has 1 aromatic heterocycles. The van der Waals surface area contributed by atoms with E-state index < -0.39 is 17.8 Å². The molecule has 0 aliphatic heterocycles. The Kier molecular flexibility index (Phi) is 3.74. The fourth-order valence-electron chi connectivity index (χ4n) is 1.66. The Morgan fingerprint density at radius 1 is 1.20 bits per heavy atom. The zero-order chi connectivity index (χ0) is 14.7. The van der Waals surface area contributed by atoms with Gasteiger partial charge in [0.1, 0.15) is 11.5 Å². The highest BCUT2D eigenvalue weighted by molar-refractivity contribution is 5.90. The van der Waals surface area contributed by atoms with Crippen LogP contribution in [0.2, 0.25) is 0 Å². The molecule has 0 spiro atoms. The number of aromatic carboxylic acids is 1. The lowest BCUT2D eigenvalue weighted by molar-refractivity contribution is 0.0594. The van der Waals surface area contributed by atoms with Gasteiger partial charge < -0.3 is 9.84 Å². The number of aromatic nitrogens is 1. The normalized spacial score (nSPS) is 10.1. The highest BCUT2D eigenvalue weighted by Crippen LogP contribution is 2.22. The van der Waals surface area contributed by atoms with Gasteiger partial charge in [0, 0.05) is 11.8 Å². The molecule has 2 aromatic rings. The molecular weight excluding hydrogens is 265 g/mol. The molecule has 0 bridgehead atoms. The van der Waals surface area contributed by atoms with Crippen LogP contribution in [0, 0.1) is 5.82 Å². The molecule has 0 aliphatic carbocycles. The number of rotatable bonds is 3. The number of carboxylic acids is 1. The second-order valence-electron chi connectivity index (χ2n) is 3.92. The summed E-state index contributed by atoms with van der Waals surface area (Å²) in [4.78, 5) is 25.7. The van der Waals surface area contributed by atoms with Gasteiger partial charge >= 0.3 is 11.9 Å². The van der Waals surface area contributed by atoms with Gasteiger partial charge in [-0.1, -0.05) is 12.1 Å². The highest BCUT2D eigenvalue weighted by atomic mass is 19.1. The molecule has 0 saturated heterocycles. The maximum absolute atomic E-state index is 13.8.